The van der Waals surface area contributed by atoms with Crippen LogP contribution in [0.1, 0.15) is 39.3 Å². The van der Waals surface area contributed by atoms with Crippen molar-refractivity contribution in [3.63, 3.8) is 0 Å². The third kappa shape index (κ3) is 3.13. The Kier molecular flexibility index (Phi) is 4.09. The number of benzene rings is 1. The van der Waals surface area contributed by atoms with Crippen LogP contribution in [0.15, 0.2) is 36.5 Å². The summed E-state index contributed by atoms with van der Waals surface area (Å²) in [4.78, 5) is 14.2. The predicted molar refractivity (Wildman–Crippen MR) is 105 cm³/mol. The highest BCUT2D eigenvalue weighted by molar-refractivity contribution is 5.70. The second kappa shape index (κ2) is 6.22. The van der Waals surface area contributed by atoms with Crippen LogP contribution in [-0.2, 0) is 10.3 Å². The van der Waals surface area contributed by atoms with Gasteiger partial charge in [-0.05, 0) is 57.9 Å². The summed E-state index contributed by atoms with van der Waals surface area (Å²) in [5.41, 5.74) is 2.75. The fourth-order valence-corrected chi connectivity index (χ4v) is 4.03. The van der Waals surface area contributed by atoms with Gasteiger partial charge in [-0.3, -0.25) is 0 Å². The minimum absolute atomic E-state index is 0.193. The Morgan fingerprint density at radius 2 is 1.93 bits per heavy atom. The minimum atomic E-state index is -0.473. The lowest BCUT2D eigenvalue weighted by molar-refractivity contribution is 0.0172. The maximum Gasteiger partial charge on any atom is 0.410 e. The lowest BCUT2D eigenvalue weighted by Gasteiger charge is -2.46. The molecule has 4 rings (SSSR count). The number of aromatic nitrogens is 1. The van der Waals surface area contributed by atoms with E-state index in [2.05, 4.69) is 34.3 Å². The van der Waals surface area contributed by atoms with Gasteiger partial charge in [0.15, 0.2) is 0 Å². The number of nitrogens with one attached hydrogen (secondary N) is 1. The summed E-state index contributed by atoms with van der Waals surface area (Å²) in [6.07, 6.45) is 3.52. The Balaban J connectivity index is 1.59. The standard InChI is InChI=1S/C21H27N3O3/c1-20(2,3)27-19(25)23-12-9-21(10-13-23)18-6-5-11-24(18)17-8-7-15(26-4)14-16(17)22-21/h5-8,11,14,22H,9-10,12-13H2,1-4H3. The predicted octanol–water partition coefficient (Wildman–Crippen LogP) is 4.14. The largest absolute Gasteiger partial charge is 0.497 e. The number of amides is 1. The highest BCUT2D eigenvalue weighted by atomic mass is 16.6. The normalized spacial score (nSPS) is 17.7. The van der Waals surface area contributed by atoms with E-state index in [9.17, 15) is 4.79 Å². The van der Waals surface area contributed by atoms with Gasteiger partial charge in [-0.25, -0.2) is 4.79 Å². The van der Waals surface area contributed by atoms with Crippen LogP contribution in [0.2, 0.25) is 0 Å². The Bertz CT molecular complexity index is 858. The van der Waals surface area contributed by atoms with Crippen molar-refractivity contribution in [2.24, 2.45) is 0 Å². The molecule has 144 valence electrons. The van der Waals surface area contributed by atoms with E-state index in [1.807, 2.05) is 37.8 Å². The van der Waals surface area contributed by atoms with Crippen LogP contribution in [0, 0.1) is 0 Å². The van der Waals surface area contributed by atoms with E-state index in [1.54, 1.807) is 7.11 Å². The Morgan fingerprint density at radius 1 is 1.19 bits per heavy atom. The number of fused-ring (bicyclic) bond motifs is 4. The molecule has 0 radical (unpaired) electrons. The van der Waals surface area contributed by atoms with Gasteiger partial charge >= 0.3 is 6.09 Å². The number of likely N-dealkylation sites (tertiary alicyclic amines) is 1. The van der Waals surface area contributed by atoms with E-state index >= 15 is 0 Å². The van der Waals surface area contributed by atoms with Gasteiger partial charge in [0.05, 0.1) is 24.0 Å². The number of piperidine rings is 1. The summed E-state index contributed by atoms with van der Waals surface area (Å²) in [6, 6.07) is 10.3. The minimum Gasteiger partial charge on any atom is -0.497 e. The molecule has 1 fully saturated rings. The number of nitrogens with zero attached hydrogens (tertiary/aromatic N) is 2. The van der Waals surface area contributed by atoms with Crippen LogP contribution in [0.3, 0.4) is 0 Å². The molecule has 1 amide bonds. The van der Waals surface area contributed by atoms with Crippen molar-refractivity contribution >= 4 is 11.8 Å². The van der Waals surface area contributed by atoms with Crippen LogP contribution in [0.25, 0.3) is 5.69 Å². The lowest BCUT2D eigenvalue weighted by Crippen LogP contribution is -2.51. The van der Waals surface area contributed by atoms with Gasteiger partial charge in [0.25, 0.3) is 0 Å². The highest BCUT2D eigenvalue weighted by Gasteiger charge is 2.43. The first-order valence-corrected chi connectivity index (χ1v) is 9.44. The molecule has 0 saturated carbocycles. The van der Waals surface area contributed by atoms with E-state index in [1.165, 1.54) is 5.69 Å². The van der Waals surface area contributed by atoms with E-state index in [0.29, 0.717) is 13.1 Å². The zero-order chi connectivity index (χ0) is 19.2. The molecule has 0 atom stereocenters. The van der Waals surface area contributed by atoms with E-state index < -0.39 is 5.60 Å². The molecule has 0 aliphatic carbocycles. The summed E-state index contributed by atoms with van der Waals surface area (Å²) in [7, 11) is 1.68. The average molecular weight is 369 g/mol. The molecule has 2 aliphatic heterocycles. The van der Waals surface area contributed by atoms with Crippen molar-refractivity contribution in [1.82, 2.24) is 9.47 Å². The number of hydrogen-bond acceptors (Lipinski definition) is 4. The molecule has 0 unspecified atom stereocenters. The van der Waals surface area contributed by atoms with E-state index in [0.717, 1.165) is 30.0 Å². The monoisotopic (exact) mass is 369 g/mol. The summed E-state index contributed by atoms with van der Waals surface area (Å²) >= 11 is 0. The van der Waals surface area contributed by atoms with E-state index in [-0.39, 0.29) is 11.6 Å². The third-order valence-electron chi connectivity index (χ3n) is 5.34. The van der Waals surface area contributed by atoms with Crippen molar-refractivity contribution in [3.05, 3.63) is 42.2 Å². The Labute approximate surface area is 160 Å². The fraction of sp³-hybridized carbons (Fsp3) is 0.476. The van der Waals surface area contributed by atoms with Gasteiger partial charge in [-0.15, -0.1) is 0 Å². The van der Waals surface area contributed by atoms with Gasteiger partial charge in [0.2, 0.25) is 0 Å². The number of rotatable bonds is 1. The third-order valence-corrected chi connectivity index (χ3v) is 5.34. The molecule has 1 aromatic heterocycles. The summed E-state index contributed by atoms with van der Waals surface area (Å²) in [5.74, 6) is 0.832. The van der Waals surface area contributed by atoms with Crippen molar-refractivity contribution in [1.29, 1.82) is 0 Å². The molecule has 1 aromatic carbocycles. The van der Waals surface area contributed by atoms with Crippen LogP contribution >= 0.6 is 0 Å². The van der Waals surface area contributed by atoms with Crippen molar-refractivity contribution in [2.45, 2.75) is 44.8 Å². The smallest absolute Gasteiger partial charge is 0.410 e. The molecule has 6 heteroatoms. The van der Waals surface area contributed by atoms with Gasteiger partial charge in [-0.2, -0.15) is 0 Å². The number of anilines is 1. The summed E-state index contributed by atoms with van der Waals surface area (Å²) in [6.45, 7) is 7.02. The molecule has 1 saturated heterocycles. The molecule has 6 nitrogen and oxygen atoms in total. The summed E-state index contributed by atoms with van der Waals surface area (Å²) < 4.78 is 13.2. The second-order valence-corrected chi connectivity index (χ2v) is 8.32. The highest BCUT2D eigenvalue weighted by Crippen LogP contribution is 2.44. The molecular formula is C21H27N3O3. The summed E-state index contributed by atoms with van der Waals surface area (Å²) in [5, 5.41) is 3.76. The number of ether oxygens (including phenoxy) is 2. The topological polar surface area (TPSA) is 55.7 Å². The molecule has 1 spiro atoms. The van der Waals surface area contributed by atoms with Crippen molar-refractivity contribution in [3.8, 4) is 11.4 Å². The molecular weight excluding hydrogens is 342 g/mol. The number of hydrogen-bond donors (Lipinski definition) is 1. The van der Waals surface area contributed by atoms with Crippen molar-refractivity contribution in [2.75, 3.05) is 25.5 Å². The van der Waals surface area contributed by atoms with Gasteiger partial charge in [0.1, 0.15) is 11.4 Å². The Morgan fingerprint density at radius 3 is 2.59 bits per heavy atom. The maximum absolute atomic E-state index is 12.4. The number of carbonyl (C=O) groups is 1. The zero-order valence-corrected chi connectivity index (χ0v) is 16.4. The van der Waals surface area contributed by atoms with Gasteiger partial charge in [-0.1, -0.05) is 0 Å². The average Bonchev–Trinajstić information content (AvgIpc) is 3.11. The van der Waals surface area contributed by atoms with Crippen molar-refractivity contribution < 1.29 is 14.3 Å². The molecule has 2 aromatic rings. The van der Waals surface area contributed by atoms with Gasteiger partial charge in [0, 0.05) is 31.0 Å². The molecule has 2 aliphatic rings. The second-order valence-electron chi connectivity index (χ2n) is 8.32. The maximum atomic E-state index is 12.4. The number of carbonyl (C=O) groups excluding carboxylic acids is 1. The SMILES string of the molecule is COc1ccc2c(c1)NC1(CCN(C(=O)OC(C)(C)C)CC1)c1cccn1-2. The molecule has 3 heterocycles. The quantitative estimate of drug-likeness (QED) is 0.821. The van der Waals surface area contributed by atoms with Crippen LogP contribution in [-0.4, -0.2) is 41.4 Å². The number of methoxy groups -OCH3 is 1. The first-order valence-electron chi connectivity index (χ1n) is 9.44. The molecule has 0 bridgehead atoms. The fourth-order valence-electron chi connectivity index (χ4n) is 4.03. The molecule has 27 heavy (non-hydrogen) atoms. The van der Waals surface area contributed by atoms with Crippen LogP contribution in [0.4, 0.5) is 10.5 Å². The Hall–Kier alpha value is -2.63. The first-order chi connectivity index (χ1) is 12.8. The van der Waals surface area contributed by atoms with Crippen LogP contribution in [0.5, 0.6) is 5.75 Å². The molecule has 1 N–H and O–H groups in total. The van der Waals surface area contributed by atoms with Gasteiger partial charge < -0.3 is 24.3 Å². The van der Waals surface area contributed by atoms with Crippen LogP contribution < -0.4 is 10.1 Å². The van der Waals surface area contributed by atoms with E-state index in [4.69, 9.17) is 9.47 Å². The lowest BCUT2D eigenvalue weighted by atomic mass is 9.82. The zero-order valence-electron chi connectivity index (χ0n) is 16.4. The first kappa shape index (κ1) is 17.8.